The molecular weight excluding hydrogens is 369 g/mol. The summed E-state index contributed by atoms with van der Waals surface area (Å²) in [4.78, 5) is 13.5. The number of halogens is 2. The highest BCUT2D eigenvalue weighted by atomic mass is 35.5. The monoisotopic (exact) mass is 391 g/mol. The maximum absolute atomic E-state index is 13.5. The maximum Gasteiger partial charge on any atom is 0.306 e. The number of carboxylic acid groups (broad SMARTS) is 1. The summed E-state index contributed by atoms with van der Waals surface area (Å²) in [5, 5.41) is 9.88. The molecule has 1 saturated heterocycles. The lowest BCUT2D eigenvalue weighted by molar-refractivity contribution is -0.143. The van der Waals surface area contributed by atoms with Crippen molar-refractivity contribution in [1.82, 2.24) is 4.90 Å². The predicted octanol–water partition coefficient (Wildman–Crippen LogP) is 4.76. The van der Waals surface area contributed by atoms with Crippen LogP contribution in [0.4, 0.5) is 4.39 Å². The Kier molecular flexibility index (Phi) is 6.34. The van der Waals surface area contributed by atoms with Crippen molar-refractivity contribution in [1.29, 1.82) is 0 Å². The number of carbonyl (C=O) groups is 1. The van der Waals surface area contributed by atoms with E-state index in [9.17, 15) is 14.3 Å². The molecule has 0 aliphatic carbocycles. The second kappa shape index (κ2) is 8.72. The number of piperidine rings is 1. The number of nitrogens with zero attached hydrogens (tertiary/aromatic N) is 1. The third kappa shape index (κ3) is 4.60. The highest BCUT2D eigenvalue weighted by Gasteiger charge is 2.31. The normalized spacial score (nSPS) is 16.9. The van der Waals surface area contributed by atoms with Gasteiger partial charge < -0.3 is 9.84 Å². The molecule has 1 aliphatic rings. The van der Waals surface area contributed by atoms with E-state index >= 15 is 0 Å². The molecule has 0 aromatic heterocycles. The van der Waals surface area contributed by atoms with Crippen molar-refractivity contribution < 1.29 is 19.0 Å². The zero-order valence-electron chi connectivity index (χ0n) is 15.2. The van der Waals surface area contributed by atoms with Crippen molar-refractivity contribution in [3.8, 4) is 5.75 Å². The van der Waals surface area contributed by atoms with E-state index in [0.717, 1.165) is 16.9 Å². The lowest BCUT2D eigenvalue weighted by atomic mass is 9.91. The molecule has 144 valence electrons. The molecule has 3 rings (SSSR count). The minimum atomic E-state index is -0.745. The van der Waals surface area contributed by atoms with Gasteiger partial charge in [0.2, 0.25) is 0 Å². The average molecular weight is 392 g/mol. The standard InChI is InChI=1S/C21H23ClFNO3/c1-2-27-19-8-5-16(22)13-18(19)20(14-3-6-17(23)7-4-14)24-11-9-15(10-12-24)21(25)26/h3-8,13,15,20H,2,9-12H2,1H3,(H,25,26). The van der Waals surface area contributed by atoms with Crippen molar-refractivity contribution in [2.24, 2.45) is 5.92 Å². The third-order valence-electron chi connectivity index (χ3n) is 5.00. The molecule has 0 bridgehead atoms. The molecule has 0 spiro atoms. The number of carboxylic acids is 1. The van der Waals surface area contributed by atoms with E-state index in [1.807, 2.05) is 19.1 Å². The summed E-state index contributed by atoms with van der Waals surface area (Å²) in [5.74, 6) is -0.624. The fourth-order valence-corrected chi connectivity index (χ4v) is 3.84. The zero-order valence-corrected chi connectivity index (χ0v) is 16.0. The molecule has 4 nitrogen and oxygen atoms in total. The Hall–Kier alpha value is -2.11. The topological polar surface area (TPSA) is 49.8 Å². The molecule has 1 heterocycles. The smallest absolute Gasteiger partial charge is 0.306 e. The molecule has 0 saturated carbocycles. The Morgan fingerprint density at radius 3 is 2.52 bits per heavy atom. The predicted molar refractivity (Wildman–Crippen MR) is 103 cm³/mol. The van der Waals surface area contributed by atoms with Crippen molar-refractivity contribution >= 4 is 17.6 Å². The summed E-state index contributed by atoms with van der Waals surface area (Å²) in [5.41, 5.74) is 1.83. The Labute approximate surface area is 163 Å². The summed E-state index contributed by atoms with van der Waals surface area (Å²) >= 11 is 6.27. The second-order valence-electron chi connectivity index (χ2n) is 6.72. The van der Waals surface area contributed by atoms with Crippen molar-refractivity contribution in [2.45, 2.75) is 25.8 Å². The van der Waals surface area contributed by atoms with Gasteiger partial charge in [0.1, 0.15) is 11.6 Å². The molecule has 0 amide bonds. The molecule has 1 fully saturated rings. The first-order valence-electron chi connectivity index (χ1n) is 9.14. The summed E-state index contributed by atoms with van der Waals surface area (Å²) in [7, 11) is 0. The minimum Gasteiger partial charge on any atom is -0.494 e. The molecule has 1 unspecified atom stereocenters. The third-order valence-corrected chi connectivity index (χ3v) is 5.23. The molecule has 6 heteroatoms. The van der Waals surface area contributed by atoms with Crippen molar-refractivity contribution in [3.05, 3.63) is 64.4 Å². The van der Waals surface area contributed by atoms with E-state index in [-0.39, 0.29) is 17.8 Å². The highest BCUT2D eigenvalue weighted by Crippen LogP contribution is 2.38. The first-order chi connectivity index (χ1) is 13.0. The van der Waals surface area contributed by atoms with Crippen LogP contribution in [0.2, 0.25) is 5.02 Å². The van der Waals surface area contributed by atoms with Crippen LogP contribution < -0.4 is 4.74 Å². The molecule has 1 aliphatic heterocycles. The minimum absolute atomic E-state index is 0.180. The number of likely N-dealkylation sites (tertiary alicyclic amines) is 1. The van der Waals surface area contributed by atoms with Gasteiger partial charge in [-0.3, -0.25) is 9.69 Å². The molecule has 0 radical (unpaired) electrons. The number of benzene rings is 2. The van der Waals surface area contributed by atoms with Crippen LogP contribution in [0.25, 0.3) is 0 Å². The molecule has 27 heavy (non-hydrogen) atoms. The average Bonchev–Trinajstić information content (AvgIpc) is 2.66. The van der Waals surface area contributed by atoms with Crippen LogP contribution in [0.15, 0.2) is 42.5 Å². The van der Waals surface area contributed by atoms with Gasteiger partial charge in [0, 0.05) is 10.6 Å². The van der Waals surface area contributed by atoms with Crippen LogP contribution in [0.3, 0.4) is 0 Å². The van der Waals surface area contributed by atoms with Gasteiger partial charge in [0.05, 0.1) is 18.6 Å². The molecule has 1 N–H and O–H groups in total. The van der Waals surface area contributed by atoms with Gasteiger partial charge in [0.15, 0.2) is 0 Å². The lowest BCUT2D eigenvalue weighted by Crippen LogP contribution is -2.39. The zero-order chi connectivity index (χ0) is 19.4. The van der Waals surface area contributed by atoms with Gasteiger partial charge in [-0.2, -0.15) is 0 Å². The molecular formula is C21H23ClFNO3. The van der Waals surface area contributed by atoms with Crippen LogP contribution in [-0.2, 0) is 4.79 Å². The van der Waals surface area contributed by atoms with Gasteiger partial charge in [-0.15, -0.1) is 0 Å². The Balaban J connectivity index is 2.00. The van der Waals surface area contributed by atoms with E-state index in [1.165, 1.54) is 12.1 Å². The van der Waals surface area contributed by atoms with Gasteiger partial charge in [0.25, 0.3) is 0 Å². The Bertz CT molecular complexity index is 789. The van der Waals surface area contributed by atoms with E-state index in [4.69, 9.17) is 16.3 Å². The Morgan fingerprint density at radius 2 is 1.93 bits per heavy atom. The van der Waals surface area contributed by atoms with Gasteiger partial charge in [-0.05, 0) is 68.8 Å². The van der Waals surface area contributed by atoms with Gasteiger partial charge in [-0.25, -0.2) is 4.39 Å². The van der Waals surface area contributed by atoms with E-state index in [0.29, 0.717) is 37.6 Å². The number of hydrogen-bond donors (Lipinski definition) is 1. The number of rotatable bonds is 6. The van der Waals surface area contributed by atoms with Crippen LogP contribution in [0, 0.1) is 11.7 Å². The molecule has 2 aromatic carbocycles. The summed E-state index contributed by atoms with van der Waals surface area (Å²) < 4.78 is 19.3. The Morgan fingerprint density at radius 1 is 1.26 bits per heavy atom. The van der Waals surface area contributed by atoms with Crippen LogP contribution in [0.1, 0.15) is 36.9 Å². The van der Waals surface area contributed by atoms with Crippen LogP contribution in [-0.4, -0.2) is 35.7 Å². The summed E-state index contributed by atoms with van der Waals surface area (Å²) in [6.07, 6.45) is 1.16. The lowest BCUT2D eigenvalue weighted by Gasteiger charge is -2.37. The second-order valence-corrected chi connectivity index (χ2v) is 7.15. The van der Waals surface area contributed by atoms with Crippen LogP contribution in [0.5, 0.6) is 5.75 Å². The van der Waals surface area contributed by atoms with Crippen molar-refractivity contribution in [3.63, 3.8) is 0 Å². The molecule has 1 atom stereocenters. The van der Waals surface area contributed by atoms with E-state index < -0.39 is 5.97 Å². The summed E-state index contributed by atoms with van der Waals surface area (Å²) in [6, 6.07) is 11.7. The molecule has 2 aromatic rings. The number of ether oxygens (including phenoxy) is 1. The number of hydrogen-bond acceptors (Lipinski definition) is 3. The summed E-state index contributed by atoms with van der Waals surface area (Å²) in [6.45, 7) is 3.71. The van der Waals surface area contributed by atoms with Gasteiger partial charge >= 0.3 is 5.97 Å². The SMILES string of the molecule is CCOc1ccc(Cl)cc1C(c1ccc(F)cc1)N1CCC(C(=O)O)CC1. The highest BCUT2D eigenvalue weighted by molar-refractivity contribution is 6.30. The fourth-order valence-electron chi connectivity index (χ4n) is 3.66. The fraction of sp³-hybridized carbons (Fsp3) is 0.381. The van der Waals surface area contributed by atoms with Gasteiger partial charge in [-0.1, -0.05) is 23.7 Å². The first-order valence-corrected chi connectivity index (χ1v) is 9.52. The van der Waals surface area contributed by atoms with E-state index in [2.05, 4.69) is 4.90 Å². The maximum atomic E-state index is 13.5. The largest absolute Gasteiger partial charge is 0.494 e. The van der Waals surface area contributed by atoms with E-state index in [1.54, 1.807) is 18.2 Å². The quantitative estimate of drug-likeness (QED) is 0.771. The van der Waals surface area contributed by atoms with Crippen LogP contribution >= 0.6 is 11.6 Å². The first kappa shape index (κ1) is 19.6. The van der Waals surface area contributed by atoms with Crippen molar-refractivity contribution in [2.75, 3.05) is 19.7 Å². The number of aliphatic carboxylic acids is 1.